The van der Waals surface area contributed by atoms with Gasteiger partial charge in [0, 0.05) is 6.54 Å². The highest BCUT2D eigenvalue weighted by Gasteiger charge is 2.29. The van der Waals surface area contributed by atoms with Crippen molar-refractivity contribution in [3.8, 4) is 5.75 Å². The van der Waals surface area contributed by atoms with Gasteiger partial charge in [0.1, 0.15) is 11.9 Å². The summed E-state index contributed by atoms with van der Waals surface area (Å²) >= 11 is 0. The summed E-state index contributed by atoms with van der Waals surface area (Å²) in [6, 6.07) is 17.9. The van der Waals surface area contributed by atoms with Gasteiger partial charge in [-0.3, -0.25) is 4.79 Å². The number of aryl methyl sites for hydroxylation is 1. The Morgan fingerprint density at radius 1 is 1.12 bits per heavy atom. The van der Waals surface area contributed by atoms with E-state index in [1.807, 2.05) is 42.2 Å². The van der Waals surface area contributed by atoms with E-state index in [0.29, 0.717) is 26.1 Å². The zero-order valence-electron chi connectivity index (χ0n) is 14.9. The minimum atomic E-state index is -0.0664. The SMILES string of the molecule is Cc1ccc(C2CN(C(=O)CCOc3ccccc3)CC(C)O2)cc1. The van der Waals surface area contributed by atoms with Crippen molar-refractivity contribution in [2.24, 2.45) is 0 Å². The third-order valence-electron chi connectivity index (χ3n) is 4.39. The van der Waals surface area contributed by atoms with Crippen LogP contribution in [0, 0.1) is 6.92 Å². The smallest absolute Gasteiger partial charge is 0.226 e. The first kappa shape index (κ1) is 17.5. The lowest BCUT2D eigenvalue weighted by molar-refractivity contribution is -0.145. The fourth-order valence-corrected chi connectivity index (χ4v) is 3.05. The van der Waals surface area contributed by atoms with Gasteiger partial charge < -0.3 is 14.4 Å². The Hall–Kier alpha value is -2.33. The van der Waals surface area contributed by atoms with Crippen LogP contribution in [0.1, 0.15) is 30.6 Å². The van der Waals surface area contributed by atoms with Crippen molar-refractivity contribution in [3.63, 3.8) is 0 Å². The minimum absolute atomic E-state index is 0.0269. The average molecular weight is 339 g/mol. The van der Waals surface area contributed by atoms with Crippen LogP contribution >= 0.6 is 0 Å². The van der Waals surface area contributed by atoms with Gasteiger partial charge in [0.15, 0.2) is 0 Å². The maximum Gasteiger partial charge on any atom is 0.226 e. The number of carbonyl (C=O) groups excluding carboxylic acids is 1. The van der Waals surface area contributed by atoms with Crippen molar-refractivity contribution < 1.29 is 14.3 Å². The molecule has 0 aromatic heterocycles. The Morgan fingerprint density at radius 3 is 2.56 bits per heavy atom. The summed E-state index contributed by atoms with van der Waals surface area (Å²) in [6.45, 7) is 5.70. The molecule has 25 heavy (non-hydrogen) atoms. The maximum absolute atomic E-state index is 12.6. The number of hydrogen-bond acceptors (Lipinski definition) is 3. The van der Waals surface area contributed by atoms with Crippen LogP contribution in [-0.4, -0.2) is 36.6 Å². The van der Waals surface area contributed by atoms with Crippen LogP contribution in [0.25, 0.3) is 0 Å². The second-order valence-electron chi connectivity index (χ2n) is 6.56. The molecule has 0 spiro atoms. The number of para-hydroxylation sites is 1. The molecule has 1 aliphatic heterocycles. The molecule has 132 valence electrons. The van der Waals surface area contributed by atoms with Gasteiger partial charge in [-0.25, -0.2) is 0 Å². The highest BCUT2D eigenvalue weighted by molar-refractivity contribution is 5.76. The third kappa shape index (κ3) is 4.83. The number of rotatable bonds is 5. The molecule has 1 heterocycles. The van der Waals surface area contributed by atoms with Gasteiger partial charge in [0.05, 0.1) is 25.7 Å². The van der Waals surface area contributed by atoms with Crippen molar-refractivity contribution in [2.45, 2.75) is 32.5 Å². The Kier molecular flexibility index (Phi) is 5.71. The van der Waals surface area contributed by atoms with Crippen LogP contribution in [0.2, 0.25) is 0 Å². The van der Waals surface area contributed by atoms with E-state index >= 15 is 0 Å². The van der Waals surface area contributed by atoms with Gasteiger partial charge in [-0.2, -0.15) is 0 Å². The number of benzene rings is 2. The van der Waals surface area contributed by atoms with E-state index in [0.717, 1.165) is 11.3 Å². The highest BCUT2D eigenvalue weighted by Crippen LogP contribution is 2.26. The Morgan fingerprint density at radius 2 is 1.84 bits per heavy atom. The van der Waals surface area contributed by atoms with Crippen LogP contribution in [0.3, 0.4) is 0 Å². The van der Waals surface area contributed by atoms with Crippen molar-refractivity contribution in [1.82, 2.24) is 4.90 Å². The number of morpholine rings is 1. The summed E-state index contributed by atoms with van der Waals surface area (Å²) in [5, 5.41) is 0. The topological polar surface area (TPSA) is 38.8 Å². The lowest BCUT2D eigenvalue weighted by Gasteiger charge is -2.37. The van der Waals surface area contributed by atoms with E-state index < -0.39 is 0 Å². The van der Waals surface area contributed by atoms with Crippen LogP contribution in [0.15, 0.2) is 54.6 Å². The summed E-state index contributed by atoms with van der Waals surface area (Å²) in [7, 11) is 0. The summed E-state index contributed by atoms with van der Waals surface area (Å²) < 4.78 is 11.7. The number of carbonyl (C=O) groups is 1. The molecule has 4 heteroatoms. The highest BCUT2D eigenvalue weighted by atomic mass is 16.5. The molecule has 3 rings (SSSR count). The zero-order valence-corrected chi connectivity index (χ0v) is 14.9. The Bertz CT molecular complexity index is 684. The molecule has 2 aromatic rings. The Balaban J connectivity index is 1.55. The molecule has 1 fully saturated rings. The second kappa shape index (κ2) is 8.17. The quantitative estimate of drug-likeness (QED) is 0.833. The predicted octanol–water partition coefficient (Wildman–Crippen LogP) is 3.75. The molecule has 4 nitrogen and oxygen atoms in total. The van der Waals surface area contributed by atoms with E-state index in [-0.39, 0.29) is 18.1 Å². The average Bonchev–Trinajstić information content (AvgIpc) is 2.62. The van der Waals surface area contributed by atoms with E-state index in [1.54, 1.807) is 0 Å². The van der Waals surface area contributed by atoms with Gasteiger partial charge in [0.2, 0.25) is 5.91 Å². The Labute approximate surface area is 149 Å². The summed E-state index contributed by atoms with van der Waals surface area (Å²) in [6.07, 6.45) is 0.338. The van der Waals surface area contributed by atoms with Gasteiger partial charge in [0.25, 0.3) is 0 Å². The van der Waals surface area contributed by atoms with Gasteiger partial charge in [-0.05, 0) is 31.5 Å². The van der Waals surface area contributed by atoms with Gasteiger partial charge in [-0.15, -0.1) is 0 Å². The van der Waals surface area contributed by atoms with E-state index in [1.165, 1.54) is 5.56 Å². The summed E-state index contributed by atoms with van der Waals surface area (Å²) in [5.41, 5.74) is 2.34. The standard InChI is InChI=1S/C21H25NO3/c1-16-8-10-18(11-9-16)20-15-22(14-17(2)25-20)21(23)12-13-24-19-6-4-3-5-7-19/h3-11,17,20H,12-15H2,1-2H3. The molecule has 2 aromatic carbocycles. The second-order valence-corrected chi connectivity index (χ2v) is 6.56. The molecule has 2 atom stereocenters. The van der Waals surface area contributed by atoms with Crippen molar-refractivity contribution in [1.29, 1.82) is 0 Å². The molecule has 1 aliphatic rings. The van der Waals surface area contributed by atoms with E-state index in [2.05, 4.69) is 31.2 Å². The molecular formula is C21H25NO3. The molecular weight excluding hydrogens is 314 g/mol. The van der Waals surface area contributed by atoms with Gasteiger partial charge >= 0.3 is 0 Å². The first-order chi connectivity index (χ1) is 12.1. The third-order valence-corrected chi connectivity index (χ3v) is 4.39. The number of amides is 1. The van der Waals surface area contributed by atoms with E-state index in [4.69, 9.17) is 9.47 Å². The lowest BCUT2D eigenvalue weighted by atomic mass is 10.0. The summed E-state index contributed by atoms with van der Waals surface area (Å²) in [4.78, 5) is 14.5. The number of ether oxygens (including phenoxy) is 2. The number of hydrogen-bond donors (Lipinski definition) is 0. The molecule has 1 saturated heterocycles. The van der Waals surface area contributed by atoms with Crippen molar-refractivity contribution in [2.75, 3.05) is 19.7 Å². The molecule has 0 N–H and O–H groups in total. The molecule has 0 aliphatic carbocycles. The first-order valence-corrected chi connectivity index (χ1v) is 8.79. The van der Waals surface area contributed by atoms with E-state index in [9.17, 15) is 4.79 Å². The molecule has 0 radical (unpaired) electrons. The van der Waals surface area contributed by atoms with Crippen LogP contribution < -0.4 is 4.74 Å². The predicted molar refractivity (Wildman–Crippen MR) is 97.6 cm³/mol. The van der Waals surface area contributed by atoms with Crippen LogP contribution in [-0.2, 0) is 9.53 Å². The molecule has 2 unspecified atom stereocenters. The molecule has 0 saturated carbocycles. The monoisotopic (exact) mass is 339 g/mol. The largest absolute Gasteiger partial charge is 0.493 e. The summed E-state index contributed by atoms with van der Waals surface area (Å²) in [5.74, 6) is 0.909. The first-order valence-electron chi connectivity index (χ1n) is 8.79. The molecule has 1 amide bonds. The number of nitrogens with zero attached hydrogens (tertiary/aromatic N) is 1. The fourth-order valence-electron chi connectivity index (χ4n) is 3.05. The molecule has 0 bridgehead atoms. The zero-order chi connectivity index (χ0) is 17.6. The normalized spacial score (nSPS) is 20.3. The lowest BCUT2D eigenvalue weighted by Crippen LogP contribution is -2.46. The van der Waals surface area contributed by atoms with Crippen LogP contribution in [0.5, 0.6) is 5.75 Å². The van der Waals surface area contributed by atoms with Crippen LogP contribution in [0.4, 0.5) is 0 Å². The van der Waals surface area contributed by atoms with Gasteiger partial charge in [-0.1, -0.05) is 48.0 Å². The van der Waals surface area contributed by atoms with Crippen molar-refractivity contribution in [3.05, 3.63) is 65.7 Å². The minimum Gasteiger partial charge on any atom is -0.493 e. The van der Waals surface area contributed by atoms with Crippen molar-refractivity contribution >= 4 is 5.91 Å². The maximum atomic E-state index is 12.6. The fraction of sp³-hybridized carbons (Fsp3) is 0.381.